The van der Waals surface area contributed by atoms with E-state index in [2.05, 4.69) is 0 Å². The molecule has 0 bridgehead atoms. The minimum absolute atomic E-state index is 0.0543. The molecule has 9 atom stereocenters. The zero-order valence-corrected chi connectivity index (χ0v) is 17.0. The van der Waals surface area contributed by atoms with Crippen molar-refractivity contribution in [3.8, 4) is 0 Å². The Balaban J connectivity index is 1.88. The predicted octanol–water partition coefficient (Wildman–Crippen LogP) is 3.10. The van der Waals surface area contributed by atoms with Gasteiger partial charge in [-0.05, 0) is 56.1 Å². The van der Waals surface area contributed by atoms with E-state index in [1.54, 1.807) is 20.8 Å². The average Bonchev–Trinajstić information content (AvgIpc) is 2.86. The number of alkyl halides is 2. The lowest BCUT2D eigenvalue weighted by Gasteiger charge is -2.65. The number of aliphatic hydroxyl groups is 2. The molecule has 6 heteroatoms. The van der Waals surface area contributed by atoms with E-state index in [4.69, 9.17) is 0 Å². The third kappa shape index (κ3) is 2.01. The van der Waals surface area contributed by atoms with Crippen LogP contribution in [0.4, 0.5) is 8.78 Å². The van der Waals surface area contributed by atoms with Gasteiger partial charge in [0.15, 0.2) is 11.6 Å². The van der Waals surface area contributed by atoms with Crippen LogP contribution >= 0.6 is 0 Å². The van der Waals surface area contributed by atoms with Crippen LogP contribution in [0.15, 0.2) is 11.6 Å². The van der Waals surface area contributed by atoms with E-state index in [-0.39, 0.29) is 42.8 Å². The molecule has 0 spiro atoms. The summed E-state index contributed by atoms with van der Waals surface area (Å²) in [6.07, 6.45) is -1.10. The summed E-state index contributed by atoms with van der Waals surface area (Å²) in [6, 6.07) is 0. The number of halogens is 2. The van der Waals surface area contributed by atoms with Gasteiger partial charge in [-0.25, -0.2) is 8.78 Å². The summed E-state index contributed by atoms with van der Waals surface area (Å²) in [7, 11) is 0. The molecular weight excluding hydrogens is 366 g/mol. The monoisotopic (exact) mass is 396 g/mol. The van der Waals surface area contributed by atoms with Gasteiger partial charge in [0, 0.05) is 23.2 Å². The summed E-state index contributed by atoms with van der Waals surface area (Å²) in [5.41, 5.74) is -5.85. The number of allylic oxidation sites excluding steroid dienone is 1. The fourth-order valence-electron chi connectivity index (χ4n) is 7.51. The van der Waals surface area contributed by atoms with Crippen LogP contribution in [0, 0.1) is 28.6 Å². The Morgan fingerprint density at radius 1 is 1.29 bits per heavy atom. The second-order valence-electron chi connectivity index (χ2n) is 10.2. The highest BCUT2D eigenvalue weighted by Gasteiger charge is 2.76. The summed E-state index contributed by atoms with van der Waals surface area (Å²) in [4.78, 5) is 24.3. The molecule has 4 aliphatic carbocycles. The standard InChI is InChI=1S/C22H30F2O4/c1-11-7-13(26)8-16-17(23)9-15-14-5-6-21(28,12(2)25)19(14,3)10-18(27)22(15,24)20(11,16)4/h8,11,14-15,17-18,27-28H,5-7,9-10H2,1-4H3/t11?,14-,15-,17?,18?,19-,20-,21-,22-/m0/s1. The maximum atomic E-state index is 17.0. The Kier molecular flexibility index (Phi) is 4.12. The first-order valence-corrected chi connectivity index (χ1v) is 10.3. The van der Waals surface area contributed by atoms with Crippen LogP contribution in [-0.2, 0) is 9.59 Å². The van der Waals surface area contributed by atoms with Crippen LogP contribution in [0.2, 0.25) is 0 Å². The van der Waals surface area contributed by atoms with Crippen molar-refractivity contribution in [3.63, 3.8) is 0 Å². The molecule has 0 aromatic carbocycles. The van der Waals surface area contributed by atoms with Crippen molar-refractivity contribution in [3.05, 3.63) is 11.6 Å². The lowest BCUT2D eigenvalue weighted by atomic mass is 9.42. The van der Waals surface area contributed by atoms with Crippen molar-refractivity contribution in [2.24, 2.45) is 28.6 Å². The number of hydrogen-bond acceptors (Lipinski definition) is 4. The van der Waals surface area contributed by atoms with Crippen molar-refractivity contribution >= 4 is 11.6 Å². The molecule has 0 saturated heterocycles. The Morgan fingerprint density at radius 3 is 2.54 bits per heavy atom. The molecule has 4 aliphatic rings. The molecule has 3 unspecified atom stereocenters. The number of ketones is 2. The molecule has 28 heavy (non-hydrogen) atoms. The lowest BCUT2D eigenvalue weighted by Crippen LogP contribution is -2.72. The van der Waals surface area contributed by atoms with Crippen molar-refractivity contribution in [1.29, 1.82) is 0 Å². The lowest BCUT2D eigenvalue weighted by molar-refractivity contribution is -0.238. The van der Waals surface area contributed by atoms with Crippen molar-refractivity contribution in [2.45, 2.75) is 83.3 Å². The van der Waals surface area contributed by atoms with E-state index in [9.17, 15) is 19.8 Å². The molecular formula is C22H30F2O4. The summed E-state index contributed by atoms with van der Waals surface area (Å²) in [5, 5.41) is 22.3. The molecule has 0 aliphatic heterocycles. The summed E-state index contributed by atoms with van der Waals surface area (Å²) < 4.78 is 32.3. The van der Waals surface area contributed by atoms with Gasteiger partial charge < -0.3 is 10.2 Å². The number of carbonyl (C=O) groups excluding carboxylic acids is 2. The Morgan fingerprint density at radius 2 is 1.93 bits per heavy atom. The van der Waals surface area contributed by atoms with E-state index in [0.717, 1.165) is 0 Å². The Labute approximate surface area is 164 Å². The molecule has 0 aromatic rings. The number of fused-ring (bicyclic) bond motifs is 5. The Bertz CT molecular complexity index is 780. The van der Waals surface area contributed by atoms with Crippen LogP contribution in [0.5, 0.6) is 0 Å². The van der Waals surface area contributed by atoms with Gasteiger partial charge in [0.2, 0.25) is 0 Å². The predicted molar refractivity (Wildman–Crippen MR) is 98.9 cm³/mol. The molecule has 3 saturated carbocycles. The first kappa shape index (κ1) is 20.1. The molecule has 0 heterocycles. The number of aliphatic hydroxyl groups excluding tert-OH is 1. The van der Waals surface area contributed by atoms with E-state index < -0.39 is 52.1 Å². The number of hydrogen-bond donors (Lipinski definition) is 2. The minimum atomic E-state index is -2.10. The second-order valence-corrected chi connectivity index (χ2v) is 10.2. The van der Waals surface area contributed by atoms with Gasteiger partial charge >= 0.3 is 0 Å². The molecule has 0 radical (unpaired) electrons. The molecule has 3 fully saturated rings. The summed E-state index contributed by atoms with van der Waals surface area (Å²) in [5.74, 6) is -2.25. The smallest absolute Gasteiger partial charge is 0.161 e. The van der Waals surface area contributed by atoms with Crippen LogP contribution < -0.4 is 0 Å². The first-order valence-electron chi connectivity index (χ1n) is 10.3. The van der Waals surface area contributed by atoms with E-state index in [1.165, 1.54) is 13.0 Å². The molecule has 4 rings (SSSR count). The van der Waals surface area contributed by atoms with E-state index >= 15 is 8.78 Å². The SMILES string of the molecule is CC(=O)[C@@]1(O)CC[C@H]2[C@@H]3CC(F)C4=CC(=O)CC(C)[C@]4(C)[C@@]3(F)C(O)C[C@@]21C. The topological polar surface area (TPSA) is 74.6 Å². The number of carbonyl (C=O) groups is 2. The Hall–Kier alpha value is -1.14. The van der Waals surface area contributed by atoms with Gasteiger partial charge in [0.25, 0.3) is 0 Å². The van der Waals surface area contributed by atoms with E-state index in [0.29, 0.717) is 6.42 Å². The minimum Gasteiger partial charge on any atom is -0.390 e. The van der Waals surface area contributed by atoms with Crippen LogP contribution in [0.1, 0.15) is 59.8 Å². The van der Waals surface area contributed by atoms with Crippen LogP contribution in [0.25, 0.3) is 0 Å². The average molecular weight is 396 g/mol. The van der Waals surface area contributed by atoms with Crippen LogP contribution in [0.3, 0.4) is 0 Å². The molecule has 0 aromatic heterocycles. The highest BCUT2D eigenvalue weighted by Crippen LogP contribution is 2.71. The molecule has 2 N–H and O–H groups in total. The van der Waals surface area contributed by atoms with Crippen LogP contribution in [-0.4, -0.2) is 45.3 Å². The van der Waals surface area contributed by atoms with Gasteiger partial charge in [-0.2, -0.15) is 0 Å². The number of rotatable bonds is 1. The fraction of sp³-hybridized carbons (Fsp3) is 0.818. The van der Waals surface area contributed by atoms with Crippen molar-refractivity contribution in [2.75, 3.05) is 0 Å². The summed E-state index contributed by atoms with van der Waals surface area (Å²) in [6.45, 7) is 6.46. The van der Waals surface area contributed by atoms with E-state index in [1.807, 2.05) is 0 Å². The summed E-state index contributed by atoms with van der Waals surface area (Å²) >= 11 is 0. The molecule has 4 nitrogen and oxygen atoms in total. The third-order valence-electron chi connectivity index (χ3n) is 9.29. The van der Waals surface area contributed by atoms with Gasteiger partial charge in [-0.3, -0.25) is 9.59 Å². The van der Waals surface area contributed by atoms with Crippen molar-refractivity contribution in [1.82, 2.24) is 0 Å². The number of Topliss-reactive ketones (excluding diaryl/α,β-unsaturated/α-hetero) is 1. The molecule has 156 valence electrons. The first-order chi connectivity index (χ1) is 12.8. The maximum Gasteiger partial charge on any atom is 0.161 e. The zero-order chi connectivity index (χ0) is 20.9. The van der Waals surface area contributed by atoms with Gasteiger partial charge in [0.1, 0.15) is 17.4 Å². The maximum absolute atomic E-state index is 17.0. The third-order valence-corrected chi connectivity index (χ3v) is 9.29. The van der Waals surface area contributed by atoms with Gasteiger partial charge in [0.05, 0.1) is 6.10 Å². The normalized spacial score (nSPS) is 55.8. The largest absolute Gasteiger partial charge is 0.390 e. The molecule has 0 amide bonds. The fourth-order valence-corrected chi connectivity index (χ4v) is 7.51. The van der Waals surface area contributed by atoms with Gasteiger partial charge in [-0.1, -0.05) is 20.8 Å². The highest BCUT2D eigenvalue weighted by atomic mass is 19.1. The second kappa shape index (κ2) is 5.72. The van der Waals surface area contributed by atoms with Gasteiger partial charge in [-0.15, -0.1) is 0 Å². The van der Waals surface area contributed by atoms with Crippen molar-refractivity contribution < 1.29 is 28.6 Å². The quantitative estimate of drug-likeness (QED) is 0.714. The zero-order valence-electron chi connectivity index (χ0n) is 17.0. The highest BCUT2D eigenvalue weighted by molar-refractivity contribution is 5.92.